The van der Waals surface area contributed by atoms with Crippen LogP contribution in [-0.2, 0) is 9.47 Å². The summed E-state index contributed by atoms with van der Waals surface area (Å²) < 4.78 is 10.8. The van der Waals surface area contributed by atoms with Crippen LogP contribution in [0.5, 0.6) is 0 Å². The van der Waals surface area contributed by atoms with Crippen molar-refractivity contribution in [2.45, 2.75) is 40.2 Å². The lowest BCUT2D eigenvalue weighted by Gasteiger charge is -2.13. The first-order chi connectivity index (χ1) is 13.0. The number of esters is 1. The molecule has 0 aliphatic carbocycles. The number of carbonyl (C=O) groups excluding carboxylic acids is 2. The van der Waals surface area contributed by atoms with E-state index in [1.807, 2.05) is 37.3 Å². The van der Waals surface area contributed by atoms with Crippen LogP contribution in [0, 0.1) is 13.8 Å². The van der Waals surface area contributed by atoms with E-state index in [9.17, 15) is 9.59 Å². The van der Waals surface area contributed by atoms with Crippen LogP contribution in [0.1, 0.15) is 64.0 Å². The van der Waals surface area contributed by atoms with Gasteiger partial charge in [0, 0.05) is 18.8 Å². The number of aryl methyl sites for hydroxylation is 1. The smallest absolute Gasteiger partial charge is 0.340 e. The van der Waals surface area contributed by atoms with Gasteiger partial charge < -0.3 is 19.8 Å². The van der Waals surface area contributed by atoms with Gasteiger partial charge >= 0.3 is 5.97 Å². The highest BCUT2D eigenvalue weighted by atomic mass is 16.5. The number of ether oxygens (including phenoxy) is 2. The molecule has 1 atom stereocenters. The molecule has 0 fully saturated rings. The molecule has 27 heavy (non-hydrogen) atoms. The van der Waals surface area contributed by atoms with E-state index in [0.29, 0.717) is 48.7 Å². The van der Waals surface area contributed by atoms with E-state index in [1.54, 1.807) is 20.8 Å². The van der Waals surface area contributed by atoms with Crippen LogP contribution in [-0.4, -0.2) is 36.6 Å². The van der Waals surface area contributed by atoms with Gasteiger partial charge in [-0.2, -0.15) is 0 Å². The first-order valence-corrected chi connectivity index (χ1v) is 9.26. The second-order valence-corrected chi connectivity index (χ2v) is 6.38. The summed E-state index contributed by atoms with van der Waals surface area (Å²) in [6.45, 7) is 8.61. The molecule has 1 heterocycles. The second kappa shape index (κ2) is 9.92. The number of rotatable bonds is 9. The minimum Gasteiger partial charge on any atom is -0.462 e. The standard InChI is InChI=1S/C21H28N2O4/c1-5-26-21(25)18-14(2)19(23-15(18)3)20(24)22-12-9-13-27-16(4)17-10-7-6-8-11-17/h6-8,10-11,16,23H,5,9,12-13H2,1-4H3,(H,22,24). The lowest BCUT2D eigenvalue weighted by atomic mass is 10.1. The number of aromatic nitrogens is 1. The molecule has 6 nitrogen and oxygen atoms in total. The molecule has 2 N–H and O–H groups in total. The second-order valence-electron chi connectivity index (χ2n) is 6.38. The summed E-state index contributed by atoms with van der Waals surface area (Å²) in [5.74, 6) is -0.645. The van der Waals surface area contributed by atoms with Crippen LogP contribution in [0.4, 0.5) is 0 Å². The van der Waals surface area contributed by atoms with Crippen molar-refractivity contribution in [3.8, 4) is 0 Å². The number of hydrogen-bond acceptors (Lipinski definition) is 4. The summed E-state index contributed by atoms with van der Waals surface area (Å²) in [7, 11) is 0. The largest absolute Gasteiger partial charge is 0.462 e. The average Bonchev–Trinajstić information content (AvgIpc) is 2.96. The molecule has 146 valence electrons. The van der Waals surface area contributed by atoms with Crippen molar-refractivity contribution in [1.82, 2.24) is 10.3 Å². The number of hydrogen-bond donors (Lipinski definition) is 2. The zero-order chi connectivity index (χ0) is 19.8. The van der Waals surface area contributed by atoms with Crippen LogP contribution < -0.4 is 5.32 Å². The Morgan fingerprint density at radius 1 is 1.19 bits per heavy atom. The average molecular weight is 372 g/mol. The van der Waals surface area contributed by atoms with Gasteiger partial charge in [-0.1, -0.05) is 30.3 Å². The number of H-pyrrole nitrogens is 1. The zero-order valence-corrected chi connectivity index (χ0v) is 16.4. The van der Waals surface area contributed by atoms with Crippen molar-refractivity contribution >= 4 is 11.9 Å². The van der Waals surface area contributed by atoms with Crippen LogP contribution in [0.3, 0.4) is 0 Å². The van der Waals surface area contributed by atoms with Crippen LogP contribution in [0.25, 0.3) is 0 Å². The minimum absolute atomic E-state index is 0.0161. The Hall–Kier alpha value is -2.60. The molecule has 0 saturated carbocycles. The third-order valence-corrected chi connectivity index (χ3v) is 4.39. The van der Waals surface area contributed by atoms with E-state index in [4.69, 9.17) is 9.47 Å². The molecule has 0 aliphatic heterocycles. The fraction of sp³-hybridized carbons (Fsp3) is 0.429. The van der Waals surface area contributed by atoms with Gasteiger partial charge in [0.25, 0.3) is 5.91 Å². The summed E-state index contributed by atoms with van der Waals surface area (Å²) in [5, 5.41) is 2.86. The molecule has 0 bridgehead atoms. The normalized spacial score (nSPS) is 11.9. The van der Waals surface area contributed by atoms with Crippen LogP contribution in [0.2, 0.25) is 0 Å². The highest BCUT2D eigenvalue weighted by Crippen LogP contribution is 2.19. The van der Waals surface area contributed by atoms with Gasteiger partial charge in [0.05, 0.1) is 18.3 Å². The molecule has 6 heteroatoms. The Balaban J connectivity index is 1.81. The maximum atomic E-state index is 12.4. The molecule has 1 aromatic heterocycles. The van der Waals surface area contributed by atoms with Gasteiger partial charge in [0.2, 0.25) is 0 Å². The summed E-state index contributed by atoms with van der Waals surface area (Å²) in [5.41, 5.74) is 3.20. The lowest BCUT2D eigenvalue weighted by molar-refractivity contribution is 0.0525. The first-order valence-electron chi connectivity index (χ1n) is 9.26. The fourth-order valence-corrected chi connectivity index (χ4v) is 2.93. The van der Waals surface area contributed by atoms with Gasteiger partial charge in [0.1, 0.15) is 5.69 Å². The van der Waals surface area contributed by atoms with Gasteiger partial charge in [-0.15, -0.1) is 0 Å². The summed E-state index contributed by atoms with van der Waals surface area (Å²) >= 11 is 0. The number of aromatic amines is 1. The Kier molecular flexibility index (Phi) is 7.61. The quantitative estimate of drug-likeness (QED) is 0.519. The van der Waals surface area contributed by atoms with E-state index in [1.165, 1.54) is 0 Å². The summed E-state index contributed by atoms with van der Waals surface area (Å²) in [4.78, 5) is 27.4. The highest BCUT2D eigenvalue weighted by Gasteiger charge is 2.22. The van der Waals surface area contributed by atoms with Crippen molar-refractivity contribution < 1.29 is 19.1 Å². The Morgan fingerprint density at radius 3 is 2.56 bits per heavy atom. The number of amides is 1. The third kappa shape index (κ3) is 5.44. The molecule has 0 aliphatic rings. The molecule has 0 spiro atoms. The maximum Gasteiger partial charge on any atom is 0.340 e. The highest BCUT2D eigenvalue weighted by molar-refractivity contribution is 6.00. The van der Waals surface area contributed by atoms with Gasteiger partial charge in [-0.25, -0.2) is 4.79 Å². The Bertz CT molecular complexity index is 768. The number of benzene rings is 1. The molecule has 1 unspecified atom stereocenters. The maximum absolute atomic E-state index is 12.4. The van der Waals surface area contributed by atoms with Crippen molar-refractivity contribution in [2.75, 3.05) is 19.8 Å². The van der Waals surface area contributed by atoms with Gasteiger partial charge in [0.15, 0.2) is 0 Å². The molecule has 2 rings (SSSR count). The van der Waals surface area contributed by atoms with E-state index in [2.05, 4.69) is 10.3 Å². The predicted molar refractivity (Wildman–Crippen MR) is 104 cm³/mol. The summed E-state index contributed by atoms with van der Waals surface area (Å²) in [6, 6.07) is 10.0. The fourth-order valence-electron chi connectivity index (χ4n) is 2.93. The van der Waals surface area contributed by atoms with Crippen molar-refractivity contribution in [1.29, 1.82) is 0 Å². The van der Waals surface area contributed by atoms with Gasteiger partial charge in [-0.3, -0.25) is 4.79 Å². The number of carbonyl (C=O) groups is 2. The molecule has 1 amide bonds. The van der Waals surface area contributed by atoms with Crippen molar-refractivity contribution in [3.63, 3.8) is 0 Å². The molecule has 0 radical (unpaired) electrons. The molecule has 0 saturated heterocycles. The molecular formula is C21H28N2O4. The predicted octanol–water partition coefficient (Wildman–Crippen LogP) is 3.71. The molecule has 2 aromatic rings. The van der Waals surface area contributed by atoms with Crippen molar-refractivity contribution in [2.24, 2.45) is 0 Å². The van der Waals surface area contributed by atoms with Crippen LogP contribution >= 0.6 is 0 Å². The van der Waals surface area contributed by atoms with E-state index < -0.39 is 5.97 Å². The third-order valence-electron chi connectivity index (χ3n) is 4.39. The molecule has 1 aromatic carbocycles. The van der Waals surface area contributed by atoms with Crippen LogP contribution in [0.15, 0.2) is 30.3 Å². The Labute approximate surface area is 160 Å². The minimum atomic E-state index is -0.411. The van der Waals surface area contributed by atoms with Crippen molar-refractivity contribution in [3.05, 3.63) is 58.4 Å². The Morgan fingerprint density at radius 2 is 1.89 bits per heavy atom. The van der Waals surface area contributed by atoms with E-state index >= 15 is 0 Å². The number of nitrogens with one attached hydrogen (secondary N) is 2. The van der Waals surface area contributed by atoms with E-state index in [-0.39, 0.29) is 12.0 Å². The summed E-state index contributed by atoms with van der Waals surface area (Å²) in [6.07, 6.45) is 0.717. The lowest BCUT2D eigenvalue weighted by Crippen LogP contribution is -2.26. The molecular weight excluding hydrogens is 344 g/mol. The SMILES string of the molecule is CCOC(=O)c1c(C)[nH]c(C(=O)NCCCOC(C)c2ccccc2)c1C. The van der Waals surface area contributed by atoms with E-state index in [0.717, 1.165) is 5.56 Å². The zero-order valence-electron chi connectivity index (χ0n) is 16.4. The monoisotopic (exact) mass is 372 g/mol. The topological polar surface area (TPSA) is 80.4 Å². The van der Waals surface area contributed by atoms with Gasteiger partial charge in [-0.05, 0) is 45.2 Å². The first kappa shape index (κ1) is 20.7.